The van der Waals surface area contributed by atoms with Crippen LogP contribution in [0.4, 0.5) is 11.4 Å². The standard InChI is InChI=1S/C11H12N2O2/c1-9(14)15-7-6-13-8-12-10-4-2-3-5-11(10)13/h2-5,8H,6-7H2,1H3/p+1. The molecule has 0 fully saturated rings. The van der Waals surface area contributed by atoms with Gasteiger partial charge in [-0.05, 0) is 6.07 Å². The molecule has 1 atom stereocenters. The van der Waals surface area contributed by atoms with Gasteiger partial charge in [0.25, 0.3) is 0 Å². The molecule has 15 heavy (non-hydrogen) atoms. The van der Waals surface area contributed by atoms with Crippen molar-refractivity contribution >= 4 is 23.7 Å². The molecule has 1 heterocycles. The summed E-state index contributed by atoms with van der Waals surface area (Å²) >= 11 is 0. The van der Waals surface area contributed by atoms with Crippen molar-refractivity contribution < 1.29 is 14.4 Å². The van der Waals surface area contributed by atoms with Crippen LogP contribution in [0.5, 0.6) is 0 Å². The first-order chi connectivity index (χ1) is 7.27. The van der Waals surface area contributed by atoms with Crippen LogP contribution in [0, 0.1) is 0 Å². The summed E-state index contributed by atoms with van der Waals surface area (Å²) in [6.07, 6.45) is 1.84. The number of carbonyl (C=O) groups is 1. The third kappa shape index (κ3) is 2.22. The van der Waals surface area contributed by atoms with Crippen molar-refractivity contribution in [1.82, 2.24) is 0 Å². The molecule has 0 aliphatic carbocycles. The monoisotopic (exact) mass is 205 g/mol. The van der Waals surface area contributed by atoms with E-state index in [2.05, 4.69) is 4.99 Å². The summed E-state index contributed by atoms with van der Waals surface area (Å²) in [5.41, 5.74) is 2.14. The van der Waals surface area contributed by atoms with E-state index >= 15 is 0 Å². The summed E-state index contributed by atoms with van der Waals surface area (Å²) in [6, 6.07) is 7.96. The Bertz CT molecular complexity index is 401. The van der Waals surface area contributed by atoms with E-state index in [0.717, 1.165) is 22.8 Å². The number of aliphatic imine (C=N–C) groups is 1. The quantitative estimate of drug-likeness (QED) is 0.728. The zero-order valence-corrected chi connectivity index (χ0v) is 8.56. The molecule has 0 spiro atoms. The van der Waals surface area contributed by atoms with Crippen LogP contribution < -0.4 is 4.90 Å². The molecule has 1 unspecified atom stereocenters. The third-order valence-electron chi connectivity index (χ3n) is 2.29. The van der Waals surface area contributed by atoms with E-state index in [0.29, 0.717) is 6.61 Å². The second-order valence-corrected chi connectivity index (χ2v) is 3.39. The maximum absolute atomic E-state index is 10.6. The molecule has 0 saturated heterocycles. The maximum atomic E-state index is 10.6. The van der Waals surface area contributed by atoms with E-state index in [9.17, 15) is 4.79 Å². The molecule has 1 aliphatic rings. The number of para-hydroxylation sites is 2. The zero-order valence-electron chi connectivity index (χ0n) is 8.56. The lowest BCUT2D eigenvalue weighted by atomic mass is 10.2. The molecule has 0 bridgehead atoms. The van der Waals surface area contributed by atoms with Gasteiger partial charge in [0.05, 0.1) is 0 Å². The number of rotatable bonds is 3. The molecular weight excluding hydrogens is 192 g/mol. The van der Waals surface area contributed by atoms with Crippen LogP contribution in [0.3, 0.4) is 0 Å². The summed E-state index contributed by atoms with van der Waals surface area (Å²) < 4.78 is 4.90. The Morgan fingerprint density at radius 3 is 3.07 bits per heavy atom. The average Bonchev–Trinajstić information content (AvgIpc) is 2.62. The van der Waals surface area contributed by atoms with Gasteiger partial charge in [-0.1, -0.05) is 12.1 Å². The molecule has 4 nitrogen and oxygen atoms in total. The predicted molar refractivity (Wildman–Crippen MR) is 56.7 cm³/mol. The second-order valence-electron chi connectivity index (χ2n) is 3.39. The number of nitrogens with zero attached hydrogens (tertiary/aromatic N) is 1. The number of hydrogen-bond donors (Lipinski definition) is 1. The van der Waals surface area contributed by atoms with E-state index in [1.807, 2.05) is 30.6 Å². The number of carbonyl (C=O) groups excluding carboxylic acids is 1. The number of ether oxygens (including phenoxy) is 1. The fraction of sp³-hybridized carbons (Fsp3) is 0.273. The van der Waals surface area contributed by atoms with E-state index in [4.69, 9.17) is 4.74 Å². The Hall–Kier alpha value is -1.68. The van der Waals surface area contributed by atoms with Crippen LogP contribution in [0.25, 0.3) is 0 Å². The van der Waals surface area contributed by atoms with Gasteiger partial charge in [0.2, 0.25) is 0 Å². The smallest absolute Gasteiger partial charge is 0.302 e. The highest BCUT2D eigenvalue weighted by Gasteiger charge is 2.19. The summed E-state index contributed by atoms with van der Waals surface area (Å²) in [5, 5.41) is 0. The SMILES string of the molecule is CC(=O)OCC[NH+]1C=Nc2ccccc21. The average molecular weight is 205 g/mol. The van der Waals surface area contributed by atoms with E-state index in [1.165, 1.54) is 6.92 Å². The number of quaternary nitrogens is 1. The highest BCUT2D eigenvalue weighted by Crippen LogP contribution is 2.22. The van der Waals surface area contributed by atoms with Crippen LogP contribution in [0.2, 0.25) is 0 Å². The van der Waals surface area contributed by atoms with Crippen LogP contribution in [0.15, 0.2) is 29.3 Å². The first-order valence-electron chi connectivity index (χ1n) is 4.90. The molecule has 1 N–H and O–H groups in total. The van der Waals surface area contributed by atoms with Crippen LogP contribution >= 0.6 is 0 Å². The molecule has 1 aromatic carbocycles. The largest absolute Gasteiger partial charge is 0.460 e. The van der Waals surface area contributed by atoms with Crippen LogP contribution in [-0.4, -0.2) is 25.5 Å². The number of hydrogen-bond acceptors (Lipinski definition) is 3. The minimum atomic E-state index is -0.237. The fourth-order valence-electron chi connectivity index (χ4n) is 1.58. The van der Waals surface area contributed by atoms with E-state index in [1.54, 1.807) is 0 Å². The second kappa shape index (κ2) is 4.23. The predicted octanol–water partition coefficient (Wildman–Crippen LogP) is 0.440. The number of nitrogens with one attached hydrogen (secondary N) is 1. The Kier molecular flexibility index (Phi) is 2.78. The summed E-state index contributed by atoms with van der Waals surface area (Å²) in [5.74, 6) is -0.237. The molecule has 0 radical (unpaired) electrons. The maximum Gasteiger partial charge on any atom is 0.302 e. The van der Waals surface area contributed by atoms with Gasteiger partial charge in [-0.25, -0.2) is 0 Å². The van der Waals surface area contributed by atoms with Gasteiger partial charge in [-0.2, -0.15) is 4.99 Å². The van der Waals surface area contributed by atoms with Crippen molar-refractivity contribution in [3.8, 4) is 0 Å². The number of esters is 1. The molecule has 2 rings (SSSR count). The number of fused-ring (bicyclic) bond motifs is 1. The third-order valence-corrected chi connectivity index (χ3v) is 2.29. The zero-order chi connectivity index (χ0) is 10.7. The topological polar surface area (TPSA) is 43.1 Å². The highest BCUT2D eigenvalue weighted by atomic mass is 16.5. The minimum Gasteiger partial charge on any atom is -0.460 e. The van der Waals surface area contributed by atoms with Crippen LogP contribution in [0.1, 0.15) is 6.92 Å². The molecule has 0 aromatic heterocycles. The molecule has 1 aliphatic heterocycles. The van der Waals surface area contributed by atoms with Gasteiger partial charge in [-0.15, -0.1) is 0 Å². The van der Waals surface area contributed by atoms with Gasteiger partial charge in [0.15, 0.2) is 12.0 Å². The molecule has 4 heteroatoms. The Labute approximate surface area is 88.2 Å². The van der Waals surface area contributed by atoms with Gasteiger partial charge < -0.3 is 4.74 Å². The summed E-state index contributed by atoms with van der Waals surface area (Å²) in [6.45, 7) is 2.56. The lowest BCUT2D eigenvalue weighted by Gasteiger charge is -2.09. The van der Waals surface area contributed by atoms with Gasteiger partial charge >= 0.3 is 5.97 Å². The van der Waals surface area contributed by atoms with Crippen molar-refractivity contribution in [3.63, 3.8) is 0 Å². The van der Waals surface area contributed by atoms with Crippen molar-refractivity contribution in [1.29, 1.82) is 0 Å². The van der Waals surface area contributed by atoms with Crippen molar-refractivity contribution in [2.75, 3.05) is 13.2 Å². The lowest BCUT2D eigenvalue weighted by molar-refractivity contribution is -0.720. The first kappa shape index (κ1) is 9.86. The molecular formula is C11H13N2O2+. The van der Waals surface area contributed by atoms with Crippen LogP contribution in [-0.2, 0) is 9.53 Å². The summed E-state index contributed by atoms with van der Waals surface area (Å²) in [4.78, 5) is 16.0. The first-order valence-corrected chi connectivity index (χ1v) is 4.90. The molecule has 0 saturated carbocycles. The van der Waals surface area contributed by atoms with Gasteiger partial charge in [0, 0.05) is 13.0 Å². The van der Waals surface area contributed by atoms with Gasteiger partial charge in [0.1, 0.15) is 18.8 Å². The highest BCUT2D eigenvalue weighted by molar-refractivity contribution is 5.71. The fourth-order valence-corrected chi connectivity index (χ4v) is 1.58. The van der Waals surface area contributed by atoms with Crippen molar-refractivity contribution in [2.24, 2.45) is 4.99 Å². The minimum absolute atomic E-state index is 0.237. The Morgan fingerprint density at radius 2 is 2.27 bits per heavy atom. The summed E-state index contributed by atoms with van der Waals surface area (Å²) in [7, 11) is 0. The Balaban J connectivity index is 1.96. The molecule has 78 valence electrons. The molecule has 1 aromatic rings. The normalized spacial score (nSPS) is 17.5. The van der Waals surface area contributed by atoms with E-state index < -0.39 is 0 Å². The Morgan fingerprint density at radius 1 is 1.47 bits per heavy atom. The van der Waals surface area contributed by atoms with Gasteiger partial charge in [-0.3, -0.25) is 9.69 Å². The van der Waals surface area contributed by atoms with Crippen molar-refractivity contribution in [2.45, 2.75) is 6.92 Å². The molecule has 0 amide bonds. The van der Waals surface area contributed by atoms with E-state index in [-0.39, 0.29) is 5.97 Å². The van der Waals surface area contributed by atoms with Crippen molar-refractivity contribution in [3.05, 3.63) is 24.3 Å². The lowest BCUT2D eigenvalue weighted by Crippen LogP contribution is -3.05. The number of benzene rings is 1.